The maximum absolute atomic E-state index is 6.10. The summed E-state index contributed by atoms with van der Waals surface area (Å²) >= 11 is 6.10. The molecule has 0 aliphatic carbocycles. The molecule has 0 spiro atoms. The van der Waals surface area contributed by atoms with E-state index in [1.54, 1.807) is 0 Å². The van der Waals surface area contributed by atoms with Crippen molar-refractivity contribution in [2.24, 2.45) is 5.92 Å². The number of nitrogens with one attached hydrogen (secondary N) is 1. The molecular formula is C16H22ClN3. The Morgan fingerprint density at radius 1 is 1.40 bits per heavy atom. The van der Waals surface area contributed by atoms with E-state index in [2.05, 4.69) is 36.7 Å². The van der Waals surface area contributed by atoms with Gasteiger partial charge in [0.25, 0.3) is 0 Å². The van der Waals surface area contributed by atoms with Crippen molar-refractivity contribution in [3.63, 3.8) is 0 Å². The SMILES string of the molecule is CC1CCNC(c2nc3cc(Cl)ccc3n2C(C)C)C1. The molecule has 1 fully saturated rings. The predicted molar refractivity (Wildman–Crippen MR) is 84.3 cm³/mol. The number of hydrogen-bond acceptors (Lipinski definition) is 2. The number of piperidine rings is 1. The van der Waals surface area contributed by atoms with Gasteiger partial charge in [-0.15, -0.1) is 0 Å². The Morgan fingerprint density at radius 2 is 2.20 bits per heavy atom. The number of hydrogen-bond donors (Lipinski definition) is 1. The first-order valence-electron chi connectivity index (χ1n) is 7.47. The lowest BCUT2D eigenvalue weighted by molar-refractivity contribution is 0.307. The highest BCUT2D eigenvalue weighted by Crippen LogP contribution is 2.32. The van der Waals surface area contributed by atoms with Gasteiger partial charge in [-0.05, 0) is 57.4 Å². The number of rotatable bonds is 2. The molecule has 1 aliphatic rings. The Hall–Kier alpha value is -1.06. The summed E-state index contributed by atoms with van der Waals surface area (Å²) in [6, 6.07) is 6.75. The number of fused-ring (bicyclic) bond motifs is 1. The number of halogens is 1. The molecule has 0 amide bonds. The Balaban J connectivity index is 2.11. The molecule has 2 heterocycles. The van der Waals surface area contributed by atoms with Crippen LogP contribution in [0.1, 0.15) is 51.5 Å². The van der Waals surface area contributed by atoms with Gasteiger partial charge < -0.3 is 9.88 Å². The maximum Gasteiger partial charge on any atom is 0.127 e. The summed E-state index contributed by atoms with van der Waals surface area (Å²) in [6.07, 6.45) is 2.41. The zero-order chi connectivity index (χ0) is 14.3. The first kappa shape index (κ1) is 13.9. The quantitative estimate of drug-likeness (QED) is 0.892. The lowest BCUT2D eigenvalue weighted by atomic mass is 9.94. The van der Waals surface area contributed by atoms with E-state index in [1.165, 1.54) is 11.9 Å². The van der Waals surface area contributed by atoms with Crippen molar-refractivity contribution in [1.82, 2.24) is 14.9 Å². The fourth-order valence-corrected chi connectivity index (χ4v) is 3.35. The number of aromatic nitrogens is 2. The average Bonchev–Trinajstić information content (AvgIpc) is 2.77. The standard InChI is InChI=1S/C16H22ClN3/c1-10(2)20-15-5-4-12(17)9-13(15)19-16(20)14-8-11(3)6-7-18-14/h4-5,9-11,14,18H,6-8H2,1-3H3. The topological polar surface area (TPSA) is 29.9 Å². The fourth-order valence-electron chi connectivity index (χ4n) is 3.18. The van der Waals surface area contributed by atoms with E-state index in [0.717, 1.165) is 35.2 Å². The Labute approximate surface area is 125 Å². The van der Waals surface area contributed by atoms with Crippen LogP contribution < -0.4 is 5.32 Å². The zero-order valence-electron chi connectivity index (χ0n) is 12.4. The molecule has 1 aliphatic heterocycles. The van der Waals surface area contributed by atoms with Crippen LogP contribution in [0, 0.1) is 5.92 Å². The van der Waals surface area contributed by atoms with E-state index in [4.69, 9.17) is 16.6 Å². The van der Waals surface area contributed by atoms with E-state index < -0.39 is 0 Å². The monoisotopic (exact) mass is 291 g/mol. The highest BCUT2D eigenvalue weighted by molar-refractivity contribution is 6.31. The zero-order valence-corrected chi connectivity index (χ0v) is 13.1. The van der Waals surface area contributed by atoms with Gasteiger partial charge in [0.05, 0.1) is 17.1 Å². The lowest BCUT2D eigenvalue weighted by Crippen LogP contribution is -2.33. The van der Waals surface area contributed by atoms with Crippen molar-refractivity contribution in [3.8, 4) is 0 Å². The van der Waals surface area contributed by atoms with Crippen LogP contribution in [0.4, 0.5) is 0 Å². The summed E-state index contributed by atoms with van der Waals surface area (Å²) in [4.78, 5) is 4.87. The molecule has 0 saturated carbocycles. The van der Waals surface area contributed by atoms with Crippen LogP contribution in [-0.2, 0) is 0 Å². The summed E-state index contributed by atoms with van der Waals surface area (Å²) < 4.78 is 2.35. The predicted octanol–water partition coefficient (Wildman–Crippen LogP) is 4.33. The third kappa shape index (κ3) is 2.45. The summed E-state index contributed by atoms with van der Waals surface area (Å²) in [5.41, 5.74) is 2.18. The number of nitrogens with zero attached hydrogens (tertiary/aromatic N) is 2. The molecule has 2 aromatic rings. The van der Waals surface area contributed by atoms with Crippen molar-refractivity contribution in [2.75, 3.05) is 6.54 Å². The van der Waals surface area contributed by atoms with Crippen LogP contribution in [-0.4, -0.2) is 16.1 Å². The molecule has 3 nitrogen and oxygen atoms in total. The molecule has 1 saturated heterocycles. The van der Waals surface area contributed by atoms with Crippen LogP contribution in [0.15, 0.2) is 18.2 Å². The number of benzene rings is 1. The molecule has 0 bridgehead atoms. The van der Waals surface area contributed by atoms with Crippen molar-refractivity contribution in [1.29, 1.82) is 0 Å². The Kier molecular flexibility index (Phi) is 3.74. The normalized spacial score (nSPS) is 23.6. The molecule has 2 atom stereocenters. The highest BCUT2D eigenvalue weighted by Gasteiger charge is 2.26. The summed E-state index contributed by atoms with van der Waals surface area (Å²) in [5, 5.41) is 4.37. The molecule has 2 unspecified atom stereocenters. The third-order valence-electron chi connectivity index (χ3n) is 4.17. The van der Waals surface area contributed by atoms with Gasteiger partial charge in [-0.25, -0.2) is 4.98 Å². The van der Waals surface area contributed by atoms with Gasteiger partial charge in [0.15, 0.2) is 0 Å². The van der Waals surface area contributed by atoms with Gasteiger partial charge >= 0.3 is 0 Å². The van der Waals surface area contributed by atoms with Gasteiger partial charge in [0.2, 0.25) is 0 Å². The van der Waals surface area contributed by atoms with Crippen LogP contribution in [0.3, 0.4) is 0 Å². The van der Waals surface area contributed by atoms with Crippen LogP contribution in [0.2, 0.25) is 5.02 Å². The van der Waals surface area contributed by atoms with Gasteiger partial charge in [-0.2, -0.15) is 0 Å². The second-order valence-electron chi connectivity index (χ2n) is 6.20. The fraction of sp³-hybridized carbons (Fsp3) is 0.562. The third-order valence-corrected chi connectivity index (χ3v) is 4.41. The summed E-state index contributed by atoms with van der Waals surface area (Å²) in [6.45, 7) is 7.83. The summed E-state index contributed by atoms with van der Waals surface area (Å²) in [7, 11) is 0. The molecule has 20 heavy (non-hydrogen) atoms. The first-order chi connectivity index (χ1) is 9.56. The van der Waals surface area contributed by atoms with Crippen LogP contribution in [0.25, 0.3) is 11.0 Å². The molecule has 4 heteroatoms. The summed E-state index contributed by atoms with van der Waals surface area (Å²) in [5.74, 6) is 1.91. The minimum Gasteiger partial charge on any atom is -0.324 e. The van der Waals surface area contributed by atoms with Crippen molar-refractivity contribution in [3.05, 3.63) is 29.0 Å². The molecule has 1 N–H and O–H groups in total. The lowest BCUT2D eigenvalue weighted by Gasteiger charge is -2.29. The van der Waals surface area contributed by atoms with Crippen LogP contribution >= 0.6 is 11.6 Å². The van der Waals surface area contributed by atoms with Crippen molar-refractivity contribution in [2.45, 2.75) is 45.7 Å². The van der Waals surface area contributed by atoms with Crippen molar-refractivity contribution < 1.29 is 0 Å². The maximum atomic E-state index is 6.10. The smallest absolute Gasteiger partial charge is 0.127 e. The Morgan fingerprint density at radius 3 is 2.90 bits per heavy atom. The van der Waals surface area contributed by atoms with E-state index >= 15 is 0 Å². The molecule has 1 aromatic heterocycles. The molecule has 108 valence electrons. The van der Waals surface area contributed by atoms with Crippen LogP contribution in [0.5, 0.6) is 0 Å². The molecule has 3 rings (SSSR count). The second kappa shape index (κ2) is 5.38. The van der Waals surface area contributed by atoms with E-state index in [9.17, 15) is 0 Å². The first-order valence-corrected chi connectivity index (χ1v) is 7.85. The van der Waals surface area contributed by atoms with E-state index in [1.807, 2.05) is 12.1 Å². The minimum atomic E-state index is 0.354. The molecular weight excluding hydrogens is 270 g/mol. The number of imidazole rings is 1. The van der Waals surface area contributed by atoms with Gasteiger partial charge in [0.1, 0.15) is 5.82 Å². The van der Waals surface area contributed by atoms with Gasteiger partial charge in [0, 0.05) is 11.1 Å². The van der Waals surface area contributed by atoms with Gasteiger partial charge in [-0.1, -0.05) is 18.5 Å². The van der Waals surface area contributed by atoms with E-state index in [0.29, 0.717) is 12.1 Å². The largest absolute Gasteiger partial charge is 0.324 e. The highest BCUT2D eigenvalue weighted by atomic mass is 35.5. The molecule has 0 radical (unpaired) electrons. The van der Waals surface area contributed by atoms with Gasteiger partial charge in [-0.3, -0.25) is 0 Å². The molecule has 1 aromatic carbocycles. The second-order valence-corrected chi connectivity index (χ2v) is 6.64. The minimum absolute atomic E-state index is 0.354. The average molecular weight is 292 g/mol. The van der Waals surface area contributed by atoms with E-state index in [-0.39, 0.29) is 0 Å². The van der Waals surface area contributed by atoms with Crippen molar-refractivity contribution >= 4 is 22.6 Å². The Bertz CT molecular complexity index is 617.